The second-order valence-electron chi connectivity index (χ2n) is 3.85. The molecular weight excluding hydrogens is 308 g/mol. The van der Waals surface area contributed by atoms with Crippen molar-refractivity contribution >= 4 is 33.2 Å². The predicted octanol–water partition coefficient (Wildman–Crippen LogP) is 3.05. The first-order valence-electron chi connectivity index (χ1n) is 5.68. The lowest BCUT2D eigenvalue weighted by Gasteiger charge is -2.10. The Labute approximate surface area is 119 Å². The molecule has 3 N–H and O–H groups in total. The normalized spacial score (nSPS) is 9.95. The number of anilines is 2. The quantitative estimate of drug-likeness (QED) is 0.851. The zero-order valence-electron chi connectivity index (χ0n) is 10.1. The van der Waals surface area contributed by atoms with Gasteiger partial charge < -0.3 is 15.8 Å². The maximum absolute atomic E-state index is 11.7. The number of nitrogens with one attached hydrogen (secondary N) is 1. The van der Waals surface area contributed by atoms with Crippen molar-refractivity contribution in [2.75, 3.05) is 17.7 Å². The van der Waals surface area contributed by atoms with Crippen LogP contribution in [0.4, 0.5) is 11.4 Å². The molecule has 0 bridgehead atoms. The van der Waals surface area contributed by atoms with Crippen LogP contribution in [0.15, 0.2) is 53.0 Å². The van der Waals surface area contributed by atoms with E-state index in [1.807, 2.05) is 24.3 Å². The maximum atomic E-state index is 11.7. The minimum atomic E-state index is -0.256. The lowest BCUT2D eigenvalue weighted by atomic mass is 10.3. The van der Waals surface area contributed by atoms with E-state index in [2.05, 4.69) is 21.2 Å². The first-order valence-corrected chi connectivity index (χ1v) is 6.48. The van der Waals surface area contributed by atoms with Crippen LogP contribution in [-0.4, -0.2) is 12.5 Å². The fourth-order valence-corrected chi connectivity index (χ4v) is 1.90. The standard InChI is InChI=1S/C14H13BrN2O2/c15-10-5-1-4-8-13(10)19-9-14(18)17-12-7-3-2-6-11(12)16/h1-8H,9,16H2,(H,17,18). The Kier molecular flexibility index (Phi) is 4.41. The molecule has 0 aliphatic heterocycles. The van der Waals surface area contributed by atoms with E-state index in [0.717, 1.165) is 4.47 Å². The zero-order valence-corrected chi connectivity index (χ0v) is 11.7. The molecule has 0 saturated carbocycles. The van der Waals surface area contributed by atoms with Crippen molar-refractivity contribution in [1.29, 1.82) is 0 Å². The summed E-state index contributed by atoms with van der Waals surface area (Å²) >= 11 is 3.35. The van der Waals surface area contributed by atoms with Crippen LogP contribution in [0, 0.1) is 0 Å². The molecule has 4 nitrogen and oxygen atoms in total. The van der Waals surface area contributed by atoms with Gasteiger partial charge in [0.25, 0.3) is 5.91 Å². The van der Waals surface area contributed by atoms with E-state index in [4.69, 9.17) is 10.5 Å². The molecule has 5 heteroatoms. The molecular formula is C14H13BrN2O2. The summed E-state index contributed by atoms with van der Waals surface area (Å²) in [6.45, 7) is -0.0725. The Morgan fingerprint density at radius 3 is 2.58 bits per heavy atom. The van der Waals surface area contributed by atoms with E-state index < -0.39 is 0 Å². The number of carbonyl (C=O) groups is 1. The molecule has 0 radical (unpaired) electrons. The van der Waals surface area contributed by atoms with Gasteiger partial charge in [-0.05, 0) is 40.2 Å². The van der Waals surface area contributed by atoms with Gasteiger partial charge in [-0.3, -0.25) is 4.79 Å². The van der Waals surface area contributed by atoms with Gasteiger partial charge in [-0.15, -0.1) is 0 Å². The number of para-hydroxylation sites is 3. The van der Waals surface area contributed by atoms with Crippen LogP contribution in [0.2, 0.25) is 0 Å². The number of benzene rings is 2. The van der Waals surface area contributed by atoms with Crippen LogP contribution in [0.3, 0.4) is 0 Å². The largest absolute Gasteiger partial charge is 0.483 e. The highest BCUT2D eigenvalue weighted by Crippen LogP contribution is 2.23. The van der Waals surface area contributed by atoms with Crippen LogP contribution < -0.4 is 15.8 Å². The number of hydrogen-bond donors (Lipinski definition) is 2. The Balaban J connectivity index is 1.92. The second-order valence-corrected chi connectivity index (χ2v) is 4.71. The number of carbonyl (C=O) groups excluding carboxylic acids is 1. The average Bonchev–Trinajstić information content (AvgIpc) is 2.40. The summed E-state index contributed by atoms with van der Waals surface area (Å²) in [4.78, 5) is 11.7. The van der Waals surface area contributed by atoms with Crippen LogP contribution in [-0.2, 0) is 4.79 Å². The lowest BCUT2D eigenvalue weighted by Crippen LogP contribution is -2.20. The molecule has 0 heterocycles. The van der Waals surface area contributed by atoms with Gasteiger partial charge in [-0.25, -0.2) is 0 Å². The molecule has 1 amide bonds. The number of halogens is 1. The third-order valence-electron chi connectivity index (χ3n) is 2.43. The minimum absolute atomic E-state index is 0.0725. The van der Waals surface area contributed by atoms with Gasteiger partial charge in [0, 0.05) is 0 Å². The number of ether oxygens (including phenoxy) is 1. The molecule has 0 saturated heterocycles. The summed E-state index contributed by atoms with van der Waals surface area (Å²) in [5.74, 6) is 0.368. The first-order chi connectivity index (χ1) is 9.16. The third kappa shape index (κ3) is 3.72. The number of nitrogen functional groups attached to an aromatic ring is 1. The van der Waals surface area contributed by atoms with Gasteiger partial charge in [-0.2, -0.15) is 0 Å². The van der Waals surface area contributed by atoms with Crippen molar-refractivity contribution in [3.8, 4) is 5.75 Å². The molecule has 0 unspecified atom stereocenters. The van der Waals surface area contributed by atoms with Crippen molar-refractivity contribution in [3.63, 3.8) is 0 Å². The van der Waals surface area contributed by atoms with Crippen LogP contribution in [0.5, 0.6) is 5.75 Å². The summed E-state index contributed by atoms with van der Waals surface area (Å²) in [7, 11) is 0. The molecule has 0 aliphatic carbocycles. The van der Waals surface area contributed by atoms with Gasteiger partial charge in [0.05, 0.1) is 15.8 Å². The zero-order chi connectivity index (χ0) is 13.7. The van der Waals surface area contributed by atoms with Gasteiger partial charge in [0.1, 0.15) is 5.75 Å². The van der Waals surface area contributed by atoms with E-state index in [-0.39, 0.29) is 12.5 Å². The molecule has 2 aromatic rings. The van der Waals surface area contributed by atoms with Crippen molar-refractivity contribution < 1.29 is 9.53 Å². The Morgan fingerprint density at radius 2 is 1.84 bits per heavy atom. The van der Waals surface area contributed by atoms with E-state index in [9.17, 15) is 4.79 Å². The Morgan fingerprint density at radius 1 is 1.16 bits per heavy atom. The van der Waals surface area contributed by atoms with Crippen LogP contribution >= 0.6 is 15.9 Å². The molecule has 2 aromatic carbocycles. The van der Waals surface area contributed by atoms with Gasteiger partial charge in [0.15, 0.2) is 6.61 Å². The highest BCUT2D eigenvalue weighted by atomic mass is 79.9. The molecule has 0 atom stereocenters. The molecule has 0 aromatic heterocycles. The summed E-state index contributed by atoms with van der Waals surface area (Å²) in [6.07, 6.45) is 0. The van der Waals surface area contributed by atoms with Crippen molar-refractivity contribution in [2.45, 2.75) is 0 Å². The predicted molar refractivity (Wildman–Crippen MR) is 79.1 cm³/mol. The Bertz CT molecular complexity index is 587. The molecule has 2 rings (SSSR count). The number of amides is 1. The van der Waals surface area contributed by atoms with Crippen LogP contribution in [0.25, 0.3) is 0 Å². The topological polar surface area (TPSA) is 64.3 Å². The smallest absolute Gasteiger partial charge is 0.262 e. The van der Waals surface area contributed by atoms with E-state index in [1.54, 1.807) is 24.3 Å². The fourth-order valence-electron chi connectivity index (χ4n) is 1.50. The van der Waals surface area contributed by atoms with Crippen molar-refractivity contribution in [2.24, 2.45) is 0 Å². The Hall–Kier alpha value is -2.01. The summed E-state index contributed by atoms with van der Waals surface area (Å²) in [5.41, 5.74) is 6.85. The first kappa shape index (κ1) is 13.4. The number of hydrogen-bond acceptors (Lipinski definition) is 3. The monoisotopic (exact) mass is 320 g/mol. The van der Waals surface area contributed by atoms with E-state index in [1.165, 1.54) is 0 Å². The highest BCUT2D eigenvalue weighted by Gasteiger charge is 2.07. The lowest BCUT2D eigenvalue weighted by molar-refractivity contribution is -0.118. The van der Waals surface area contributed by atoms with Gasteiger partial charge in [-0.1, -0.05) is 24.3 Å². The second kappa shape index (κ2) is 6.24. The third-order valence-corrected chi connectivity index (χ3v) is 3.09. The maximum Gasteiger partial charge on any atom is 0.262 e. The average molecular weight is 321 g/mol. The molecule has 98 valence electrons. The molecule has 0 aliphatic rings. The summed E-state index contributed by atoms with van der Waals surface area (Å²) < 4.78 is 6.22. The number of nitrogens with two attached hydrogens (primary N) is 1. The minimum Gasteiger partial charge on any atom is -0.483 e. The van der Waals surface area contributed by atoms with E-state index >= 15 is 0 Å². The van der Waals surface area contributed by atoms with Gasteiger partial charge in [0.2, 0.25) is 0 Å². The summed E-state index contributed by atoms with van der Waals surface area (Å²) in [6, 6.07) is 14.4. The van der Waals surface area contributed by atoms with Crippen LogP contribution in [0.1, 0.15) is 0 Å². The summed E-state index contributed by atoms with van der Waals surface area (Å²) in [5, 5.41) is 2.70. The number of rotatable bonds is 4. The van der Waals surface area contributed by atoms with Crippen molar-refractivity contribution in [1.82, 2.24) is 0 Å². The molecule has 19 heavy (non-hydrogen) atoms. The van der Waals surface area contributed by atoms with Gasteiger partial charge >= 0.3 is 0 Å². The molecule has 0 spiro atoms. The SMILES string of the molecule is Nc1ccccc1NC(=O)COc1ccccc1Br. The van der Waals surface area contributed by atoms with E-state index in [0.29, 0.717) is 17.1 Å². The van der Waals surface area contributed by atoms with Crippen molar-refractivity contribution in [3.05, 3.63) is 53.0 Å². The fraction of sp³-hybridized carbons (Fsp3) is 0.0714. The highest BCUT2D eigenvalue weighted by molar-refractivity contribution is 9.10. The molecule has 0 fully saturated rings.